The first-order valence-corrected chi connectivity index (χ1v) is 32.4. The van der Waals surface area contributed by atoms with Gasteiger partial charge in [0.2, 0.25) is 0 Å². The predicted octanol–water partition coefficient (Wildman–Crippen LogP) is 15.8. The van der Waals surface area contributed by atoms with E-state index in [9.17, 15) is 14.7 Å². The van der Waals surface area contributed by atoms with Crippen molar-refractivity contribution in [3.8, 4) is 43.4 Å². The first-order chi connectivity index (χ1) is 42.0. The Morgan fingerprint density at radius 3 is 1.61 bits per heavy atom. The number of carboxylic acid groups (broad SMARTS) is 1. The number of hydrogen-bond acceptors (Lipinski definition) is 14. The first-order valence-electron chi connectivity index (χ1n) is 30.0. The van der Waals surface area contributed by atoms with Crippen molar-refractivity contribution < 1.29 is 33.6 Å². The number of rotatable bonds is 16. The van der Waals surface area contributed by atoms with Crippen LogP contribution in [0.2, 0.25) is 10.0 Å². The molecule has 2 saturated heterocycles. The summed E-state index contributed by atoms with van der Waals surface area (Å²) in [7, 11) is 5.75. The molecular weight excluding hydrogens is 1190 g/mol. The summed E-state index contributed by atoms with van der Waals surface area (Å²) in [6, 6.07) is 32.2. The Morgan fingerprint density at radius 2 is 1.16 bits per heavy atom. The van der Waals surface area contributed by atoms with Gasteiger partial charge in [-0.1, -0.05) is 47.5 Å². The number of nitrogens with one attached hydrogen (secondary N) is 1. The van der Waals surface area contributed by atoms with E-state index in [0.717, 1.165) is 160 Å². The lowest BCUT2D eigenvalue weighted by molar-refractivity contribution is -0.166. The van der Waals surface area contributed by atoms with Gasteiger partial charge in [0.05, 0.1) is 67.3 Å². The quantitative estimate of drug-likeness (QED) is 0.0878. The van der Waals surface area contributed by atoms with Crippen molar-refractivity contribution in [2.24, 2.45) is 14.1 Å². The molecule has 0 bridgehead atoms. The Bertz CT molecular complexity index is 4230. The molecule has 0 aliphatic carbocycles. The molecule has 4 aromatic heterocycles. The molecule has 88 heavy (non-hydrogen) atoms. The molecule has 10 aromatic rings. The number of esters is 1. The fourth-order valence-corrected chi connectivity index (χ4v) is 14.9. The van der Waals surface area contributed by atoms with Crippen LogP contribution in [-0.2, 0) is 42.6 Å². The summed E-state index contributed by atoms with van der Waals surface area (Å²) >= 11 is 15.8. The molecule has 2 unspecified atom stereocenters. The normalized spacial score (nSPS) is 16.5. The number of benzene rings is 6. The number of carbonyl (C=O) groups is 2. The molecule has 2 N–H and O–H groups in total. The van der Waals surface area contributed by atoms with E-state index in [4.69, 9.17) is 62.3 Å². The lowest BCUT2D eigenvalue weighted by Gasteiger charge is -2.29. The van der Waals surface area contributed by atoms with Crippen molar-refractivity contribution in [1.29, 1.82) is 0 Å². The third kappa shape index (κ3) is 13.2. The molecule has 15 nitrogen and oxygen atoms in total. The number of nitrogens with zero attached hydrogens (tertiary/aromatic N) is 7. The predicted molar refractivity (Wildman–Crippen MR) is 356 cm³/mol. The summed E-state index contributed by atoms with van der Waals surface area (Å²) in [6.07, 6.45) is 0.0850. The lowest BCUT2D eigenvalue weighted by Crippen LogP contribution is -2.29. The molecule has 2 aliphatic heterocycles. The number of aryl methyl sites for hydroxylation is 4. The van der Waals surface area contributed by atoms with Crippen LogP contribution >= 0.6 is 45.9 Å². The average molecular weight is 1260 g/mol. The number of fused-ring (bicyclic) bond motifs is 4. The van der Waals surface area contributed by atoms with Gasteiger partial charge in [-0.05, 0) is 183 Å². The van der Waals surface area contributed by atoms with Crippen LogP contribution in [0.5, 0.6) is 0 Å². The van der Waals surface area contributed by atoms with E-state index in [0.29, 0.717) is 27.4 Å². The third-order valence-corrected chi connectivity index (χ3v) is 19.1. The van der Waals surface area contributed by atoms with Gasteiger partial charge in [-0.2, -0.15) is 10.2 Å². The van der Waals surface area contributed by atoms with Crippen LogP contribution in [0.15, 0.2) is 97.1 Å². The average Bonchev–Trinajstić information content (AvgIpc) is 2.13. The molecule has 0 saturated carbocycles. The van der Waals surface area contributed by atoms with Gasteiger partial charge in [0.1, 0.15) is 10.0 Å². The molecule has 0 amide bonds. The van der Waals surface area contributed by atoms with Gasteiger partial charge < -0.3 is 34.3 Å². The molecule has 2 fully saturated rings. The van der Waals surface area contributed by atoms with Crippen molar-refractivity contribution in [3.05, 3.63) is 141 Å². The minimum atomic E-state index is -1.16. The zero-order valence-corrected chi connectivity index (χ0v) is 55.2. The van der Waals surface area contributed by atoms with Gasteiger partial charge in [-0.15, -0.1) is 22.7 Å². The second kappa shape index (κ2) is 25.7. The van der Waals surface area contributed by atoms with Crippen molar-refractivity contribution >= 4 is 100 Å². The smallest absolute Gasteiger partial charge is 0.339 e. The number of carboxylic acids is 1. The van der Waals surface area contributed by atoms with Crippen LogP contribution in [0.25, 0.3) is 85.6 Å². The SMILES string of the molecule is CCOC(=O)[C@@H](OC(C)(C)C)c1c(C)cc2nc(-c3ccc4c(c3)c(C3CCNC3)nn4C)sc2c1-c1ccc(Cl)cc1.COCCN1CCC(c2nn(C)c3ccc(-c4nc5cc(C)c([C@H](OC(C)(C)C)C(=O)O)c(-c6ccc(Cl)cc6)c5s4)cc23)C1. The van der Waals surface area contributed by atoms with Gasteiger partial charge in [0.25, 0.3) is 0 Å². The van der Waals surface area contributed by atoms with E-state index in [1.807, 2.05) is 140 Å². The largest absolute Gasteiger partial charge is 0.479 e. The fourth-order valence-electron chi connectivity index (χ4n) is 12.4. The van der Waals surface area contributed by atoms with Crippen LogP contribution < -0.4 is 5.32 Å². The topological polar surface area (TPSA) is 168 Å². The number of methoxy groups -OCH3 is 1. The number of likely N-dealkylation sites (tertiary alicyclic amines) is 1. The van der Waals surface area contributed by atoms with Crippen molar-refractivity contribution in [3.63, 3.8) is 0 Å². The van der Waals surface area contributed by atoms with Crippen molar-refractivity contribution in [2.45, 2.75) is 110 Å². The Hall–Kier alpha value is -6.64. The molecular formula is C69H76Cl2N8O7S2. The number of carbonyl (C=O) groups excluding carboxylic acids is 1. The van der Waals surface area contributed by atoms with Crippen LogP contribution in [0.3, 0.4) is 0 Å². The van der Waals surface area contributed by atoms with Gasteiger partial charge >= 0.3 is 11.9 Å². The first kappa shape index (κ1) is 62.9. The van der Waals surface area contributed by atoms with Crippen molar-refractivity contribution in [1.82, 2.24) is 39.7 Å². The molecule has 6 aromatic carbocycles. The summed E-state index contributed by atoms with van der Waals surface area (Å²) < 4.78 is 29.3. The van der Waals surface area contributed by atoms with Crippen LogP contribution in [0.4, 0.5) is 0 Å². The highest BCUT2D eigenvalue weighted by Crippen LogP contribution is 2.48. The Kier molecular flexibility index (Phi) is 18.4. The van der Waals surface area contributed by atoms with Crippen LogP contribution in [-0.4, -0.2) is 116 Å². The van der Waals surface area contributed by atoms with Crippen LogP contribution in [0, 0.1) is 13.8 Å². The maximum atomic E-state index is 13.4. The summed E-state index contributed by atoms with van der Waals surface area (Å²) in [5.74, 6) is -0.683. The number of ether oxygens (including phenoxy) is 4. The Morgan fingerprint density at radius 1 is 0.682 bits per heavy atom. The van der Waals surface area contributed by atoms with E-state index in [1.165, 1.54) is 5.39 Å². The number of halogens is 2. The molecule has 0 spiro atoms. The summed E-state index contributed by atoms with van der Waals surface area (Å²) in [6.45, 7) is 23.1. The highest BCUT2D eigenvalue weighted by Gasteiger charge is 2.36. The van der Waals surface area contributed by atoms with E-state index < -0.39 is 35.3 Å². The molecule has 2 aliphatic rings. The zero-order chi connectivity index (χ0) is 62.5. The summed E-state index contributed by atoms with van der Waals surface area (Å²) in [5.41, 5.74) is 13.6. The summed E-state index contributed by atoms with van der Waals surface area (Å²) in [4.78, 5) is 38.8. The van der Waals surface area contributed by atoms with Gasteiger partial charge in [0.15, 0.2) is 12.2 Å². The van der Waals surface area contributed by atoms with Gasteiger partial charge in [-0.3, -0.25) is 9.36 Å². The number of thiazole rings is 2. The van der Waals surface area contributed by atoms with Gasteiger partial charge in [-0.25, -0.2) is 19.6 Å². The minimum Gasteiger partial charge on any atom is -0.479 e. The van der Waals surface area contributed by atoms with E-state index >= 15 is 0 Å². The van der Waals surface area contributed by atoms with E-state index in [2.05, 4.69) is 52.7 Å². The summed E-state index contributed by atoms with van der Waals surface area (Å²) in [5, 5.41) is 29.1. The van der Waals surface area contributed by atoms with Crippen LogP contribution in [0.1, 0.15) is 119 Å². The minimum absolute atomic E-state index is 0.265. The molecule has 6 heterocycles. The Labute approximate surface area is 531 Å². The van der Waals surface area contributed by atoms with Crippen molar-refractivity contribution in [2.75, 3.05) is 53.0 Å². The maximum absolute atomic E-state index is 13.4. The molecule has 460 valence electrons. The standard InChI is InChI=1S/C35H39ClN4O4S.C34H37ClN4O3S/c1-20-17-26-32(29(21-7-10-24(36)11-8-21)28(20)31(34(41)42)44-35(2,3)4)45-33(37-26)22-9-12-27-25(18-22)30(38-39(27)5)23-13-14-40(19-23)15-16-43-6;1-7-41-33(40)30(42-34(3,4)5)27-19(2)16-25-31(28(27)20-8-11-23(35)12-9-20)43-32(37-25)21-10-13-26-24(17-21)29(38-39(26)6)22-14-15-36-18-22/h7-12,17-18,23,31H,13-16,19H2,1-6H3,(H,41,42);8-13,16-17,22,30,36H,7,14-15,18H2,1-6H3/t23?,31-;22?,30-/m00/s1. The number of aliphatic carboxylic acids is 1. The molecule has 4 atom stereocenters. The monoisotopic (exact) mass is 1260 g/mol. The second-order valence-corrected chi connectivity index (χ2v) is 27.8. The maximum Gasteiger partial charge on any atom is 0.339 e. The third-order valence-electron chi connectivity index (χ3n) is 16.3. The molecule has 19 heteroatoms. The lowest BCUT2D eigenvalue weighted by atomic mass is 9.91. The fraction of sp³-hybridized carbons (Fsp3) is 0.391. The van der Waals surface area contributed by atoms with E-state index in [-0.39, 0.29) is 6.61 Å². The number of aromatic nitrogens is 6. The van der Waals surface area contributed by atoms with E-state index in [1.54, 1.807) is 29.8 Å². The highest BCUT2D eigenvalue weighted by molar-refractivity contribution is 7.22. The number of hydrogen-bond donors (Lipinski definition) is 2. The zero-order valence-electron chi connectivity index (χ0n) is 52.0. The Balaban J connectivity index is 0.000000182. The second-order valence-electron chi connectivity index (χ2n) is 25.0. The van der Waals surface area contributed by atoms with Gasteiger partial charge in [0, 0.05) is 107 Å². The molecule has 12 rings (SSSR count). The highest BCUT2D eigenvalue weighted by atomic mass is 35.5. The molecule has 0 radical (unpaired) electrons.